The van der Waals surface area contributed by atoms with Gasteiger partial charge in [-0.3, -0.25) is 4.79 Å². The summed E-state index contributed by atoms with van der Waals surface area (Å²) in [6.07, 6.45) is 0.432. The molecule has 3 nitrogen and oxygen atoms in total. The quantitative estimate of drug-likeness (QED) is 0.765. The van der Waals surface area contributed by atoms with Crippen molar-refractivity contribution in [3.63, 3.8) is 0 Å². The van der Waals surface area contributed by atoms with E-state index in [9.17, 15) is 4.79 Å². The van der Waals surface area contributed by atoms with Crippen molar-refractivity contribution in [1.29, 1.82) is 0 Å². The van der Waals surface area contributed by atoms with Crippen molar-refractivity contribution in [1.82, 2.24) is 0 Å². The van der Waals surface area contributed by atoms with Crippen molar-refractivity contribution in [3.05, 3.63) is 71.8 Å². The minimum Gasteiger partial charge on any atom is -0.496 e. The Kier molecular flexibility index (Phi) is 3.27. The van der Waals surface area contributed by atoms with Gasteiger partial charge in [0.15, 0.2) is 0 Å². The second-order valence-corrected chi connectivity index (χ2v) is 5.79. The van der Waals surface area contributed by atoms with E-state index in [1.165, 1.54) is 16.3 Å². The second kappa shape index (κ2) is 5.43. The lowest BCUT2D eigenvalue weighted by molar-refractivity contribution is -0.116. The second-order valence-electron chi connectivity index (χ2n) is 5.79. The van der Waals surface area contributed by atoms with E-state index in [1.54, 1.807) is 7.11 Å². The van der Waals surface area contributed by atoms with E-state index < -0.39 is 0 Å². The maximum Gasteiger partial charge on any atom is 0.225 e. The van der Waals surface area contributed by atoms with Gasteiger partial charge in [0.1, 0.15) is 5.75 Å². The molecule has 23 heavy (non-hydrogen) atoms. The minimum absolute atomic E-state index is 0.000926. The summed E-state index contributed by atoms with van der Waals surface area (Å²) in [5.41, 5.74) is 3.13. The number of benzene rings is 3. The maximum atomic E-state index is 12.2. The average molecular weight is 303 g/mol. The fourth-order valence-corrected chi connectivity index (χ4v) is 3.49. The highest BCUT2D eigenvalue weighted by molar-refractivity contribution is 6.01. The van der Waals surface area contributed by atoms with Crippen LogP contribution < -0.4 is 10.1 Å². The predicted octanol–water partition coefficient (Wildman–Crippen LogP) is 4.32. The molecule has 1 heterocycles. The van der Waals surface area contributed by atoms with Gasteiger partial charge in [-0.05, 0) is 28.5 Å². The van der Waals surface area contributed by atoms with Gasteiger partial charge in [-0.1, -0.05) is 48.5 Å². The number of hydrogen-bond acceptors (Lipinski definition) is 2. The van der Waals surface area contributed by atoms with Gasteiger partial charge >= 0.3 is 0 Å². The van der Waals surface area contributed by atoms with Crippen LogP contribution >= 0.6 is 0 Å². The molecule has 0 aromatic heterocycles. The molecular formula is C20H17NO2. The van der Waals surface area contributed by atoms with Crippen LogP contribution in [0, 0.1) is 0 Å². The molecular weight excluding hydrogens is 286 g/mol. The summed E-state index contributed by atoms with van der Waals surface area (Å²) in [5.74, 6) is 0.871. The fraction of sp³-hybridized carbons (Fsp3) is 0.150. The summed E-state index contributed by atoms with van der Waals surface area (Å²) in [4.78, 5) is 12.2. The fourth-order valence-electron chi connectivity index (χ4n) is 3.49. The number of para-hydroxylation sites is 1. The van der Waals surface area contributed by atoms with Gasteiger partial charge in [0.05, 0.1) is 7.11 Å². The lowest BCUT2D eigenvalue weighted by Gasteiger charge is -2.28. The van der Waals surface area contributed by atoms with Crippen molar-refractivity contribution >= 4 is 22.4 Å². The molecule has 1 unspecified atom stereocenters. The van der Waals surface area contributed by atoms with Crippen molar-refractivity contribution in [3.8, 4) is 5.75 Å². The third-order valence-corrected chi connectivity index (χ3v) is 4.50. The highest BCUT2D eigenvalue weighted by Gasteiger charge is 2.29. The first-order valence-electron chi connectivity index (χ1n) is 7.72. The summed E-state index contributed by atoms with van der Waals surface area (Å²) in [5, 5.41) is 5.37. The highest BCUT2D eigenvalue weighted by atomic mass is 16.5. The Hall–Kier alpha value is -2.81. The number of fused-ring (bicyclic) bond motifs is 3. The van der Waals surface area contributed by atoms with E-state index in [1.807, 2.05) is 42.5 Å². The molecule has 4 rings (SSSR count). The normalized spacial score (nSPS) is 16.7. The van der Waals surface area contributed by atoms with Crippen LogP contribution in [0.5, 0.6) is 5.75 Å². The lowest BCUT2D eigenvalue weighted by Crippen LogP contribution is -2.24. The number of hydrogen-bond donors (Lipinski definition) is 1. The van der Waals surface area contributed by atoms with Gasteiger partial charge in [-0.25, -0.2) is 0 Å². The van der Waals surface area contributed by atoms with Crippen LogP contribution in [-0.4, -0.2) is 13.0 Å². The molecule has 0 saturated heterocycles. The molecule has 1 aliphatic heterocycles. The topological polar surface area (TPSA) is 38.3 Å². The molecule has 0 fully saturated rings. The van der Waals surface area contributed by atoms with Gasteiger partial charge < -0.3 is 10.1 Å². The Morgan fingerprint density at radius 1 is 1.00 bits per heavy atom. The third kappa shape index (κ3) is 2.25. The van der Waals surface area contributed by atoms with Crippen LogP contribution in [0.15, 0.2) is 60.7 Å². The van der Waals surface area contributed by atoms with Crippen LogP contribution in [0.1, 0.15) is 23.5 Å². The first-order valence-corrected chi connectivity index (χ1v) is 7.72. The first-order chi connectivity index (χ1) is 11.3. The zero-order chi connectivity index (χ0) is 15.8. The van der Waals surface area contributed by atoms with E-state index in [0.29, 0.717) is 6.42 Å². The van der Waals surface area contributed by atoms with Crippen molar-refractivity contribution in [2.24, 2.45) is 0 Å². The molecule has 1 aliphatic rings. The van der Waals surface area contributed by atoms with Crippen molar-refractivity contribution in [2.45, 2.75) is 12.3 Å². The molecule has 0 radical (unpaired) electrons. The number of amides is 1. The molecule has 114 valence electrons. The number of anilines is 1. The van der Waals surface area contributed by atoms with Gasteiger partial charge in [-0.15, -0.1) is 0 Å². The van der Waals surface area contributed by atoms with Gasteiger partial charge in [0, 0.05) is 23.6 Å². The SMILES string of the molecule is COc1ccccc1C1CC(=O)Nc2ccc3ccccc3c21. The first kappa shape index (κ1) is 13.8. The zero-order valence-corrected chi connectivity index (χ0v) is 12.9. The summed E-state index contributed by atoms with van der Waals surface area (Å²) in [6, 6.07) is 20.3. The molecule has 3 heteroatoms. The van der Waals surface area contributed by atoms with Gasteiger partial charge in [0.25, 0.3) is 0 Å². The molecule has 0 bridgehead atoms. The standard InChI is InChI=1S/C20H17NO2/c1-23-18-9-5-4-8-15(18)16-12-19(22)21-17-11-10-13-6-2-3-7-14(13)20(16)17/h2-11,16H,12H2,1H3,(H,21,22). The van der Waals surface area contributed by atoms with E-state index in [4.69, 9.17) is 4.74 Å². The van der Waals surface area contributed by atoms with Gasteiger partial charge in [-0.2, -0.15) is 0 Å². The number of rotatable bonds is 2. The Bertz CT molecular complexity index is 901. The number of carbonyl (C=O) groups is 1. The predicted molar refractivity (Wildman–Crippen MR) is 92.0 cm³/mol. The summed E-state index contributed by atoms with van der Waals surface area (Å²) in [6.45, 7) is 0. The summed E-state index contributed by atoms with van der Waals surface area (Å²) >= 11 is 0. The van der Waals surface area contributed by atoms with Crippen LogP contribution in [0.2, 0.25) is 0 Å². The van der Waals surface area contributed by atoms with E-state index in [-0.39, 0.29) is 11.8 Å². The largest absolute Gasteiger partial charge is 0.496 e. The maximum absolute atomic E-state index is 12.2. The molecule has 3 aromatic rings. The van der Waals surface area contributed by atoms with Crippen LogP contribution in [-0.2, 0) is 4.79 Å². The number of methoxy groups -OCH3 is 1. The molecule has 0 spiro atoms. The monoisotopic (exact) mass is 303 g/mol. The Morgan fingerprint density at radius 2 is 1.78 bits per heavy atom. The zero-order valence-electron chi connectivity index (χ0n) is 12.9. The van der Waals surface area contributed by atoms with E-state index in [0.717, 1.165) is 17.0 Å². The lowest BCUT2D eigenvalue weighted by atomic mass is 9.81. The Morgan fingerprint density at radius 3 is 2.65 bits per heavy atom. The van der Waals surface area contributed by atoms with Gasteiger partial charge in [0.2, 0.25) is 5.91 Å². The number of carbonyl (C=O) groups excluding carboxylic acids is 1. The van der Waals surface area contributed by atoms with Crippen molar-refractivity contribution in [2.75, 3.05) is 12.4 Å². The molecule has 0 aliphatic carbocycles. The molecule has 1 amide bonds. The van der Waals surface area contributed by atoms with Crippen LogP contribution in [0.4, 0.5) is 5.69 Å². The Labute approximate surface area is 134 Å². The third-order valence-electron chi connectivity index (χ3n) is 4.50. The van der Waals surface area contributed by atoms with Crippen LogP contribution in [0.3, 0.4) is 0 Å². The number of ether oxygens (including phenoxy) is 1. The highest BCUT2D eigenvalue weighted by Crippen LogP contribution is 2.43. The van der Waals surface area contributed by atoms with E-state index in [2.05, 4.69) is 23.5 Å². The molecule has 1 atom stereocenters. The van der Waals surface area contributed by atoms with E-state index >= 15 is 0 Å². The molecule has 3 aromatic carbocycles. The number of nitrogens with one attached hydrogen (secondary N) is 1. The average Bonchev–Trinajstić information content (AvgIpc) is 2.60. The summed E-state index contributed by atoms with van der Waals surface area (Å²) in [7, 11) is 1.67. The Balaban J connectivity index is 2.00. The molecule has 0 saturated carbocycles. The summed E-state index contributed by atoms with van der Waals surface area (Å²) < 4.78 is 5.53. The van der Waals surface area contributed by atoms with Crippen molar-refractivity contribution < 1.29 is 9.53 Å². The smallest absolute Gasteiger partial charge is 0.225 e. The van der Waals surface area contributed by atoms with Crippen LogP contribution in [0.25, 0.3) is 10.8 Å². The molecule has 1 N–H and O–H groups in total. The minimum atomic E-state index is 0.000926.